The van der Waals surface area contributed by atoms with E-state index in [0.717, 1.165) is 29.8 Å². The van der Waals surface area contributed by atoms with Gasteiger partial charge in [-0.3, -0.25) is 4.99 Å². The van der Waals surface area contributed by atoms with Gasteiger partial charge in [-0.2, -0.15) is 18.3 Å². The summed E-state index contributed by atoms with van der Waals surface area (Å²) in [6.45, 7) is 0. The molecule has 0 atom stereocenters. The molecule has 0 saturated heterocycles. The van der Waals surface area contributed by atoms with Crippen molar-refractivity contribution in [3.8, 4) is 10.6 Å². The average Bonchev–Trinajstić information content (AvgIpc) is 2.89. The maximum absolute atomic E-state index is 12.6. The minimum absolute atomic E-state index is 0.343. The number of halogens is 3. The summed E-state index contributed by atoms with van der Waals surface area (Å²) in [5, 5.41) is 5.09. The number of hydrogen-bond acceptors (Lipinski definition) is 3. The first-order valence-corrected chi connectivity index (χ1v) is 8.51. The molecule has 3 nitrogen and oxygen atoms in total. The third-order valence-corrected chi connectivity index (χ3v) is 5.10. The van der Waals surface area contributed by atoms with Gasteiger partial charge >= 0.3 is 6.18 Å². The molecular weight excluding hydrogens is 323 g/mol. The summed E-state index contributed by atoms with van der Waals surface area (Å²) >= 11 is 1.42. The van der Waals surface area contributed by atoms with Gasteiger partial charge in [0.05, 0.1) is 11.6 Å². The molecule has 1 heterocycles. The zero-order chi connectivity index (χ0) is 16.4. The zero-order valence-corrected chi connectivity index (χ0v) is 13.6. The molecule has 0 unspecified atom stereocenters. The van der Waals surface area contributed by atoms with E-state index in [-0.39, 0.29) is 0 Å². The molecule has 7 heteroatoms. The van der Waals surface area contributed by atoms with Crippen LogP contribution in [0.2, 0.25) is 0 Å². The van der Waals surface area contributed by atoms with Crippen LogP contribution in [0.5, 0.6) is 0 Å². The molecule has 1 aromatic heterocycles. The largest absolute Gasteiger partial charge is 0.416 e. The molecule has 1 fully saturated rings. The summed E-state index contributed by atoms with van der Waals surface area (Å²) < 4.78 is 39.6. The van der Waals surface area contributed by atoms with Gasteiger partial charge in [0.15, 0.2) is 0 Å². The lowest BCUT2D eigenvalue weighted by Crippen LogP contribution is -2.18. The van der Waals surface area contributed by atoms with Crippen LogP contribution in [0.3, 0.4) is 0 Å². The van der Waals surface area contributed by atoms with Gasteiger partial charge in [0.25, 0.3) is 0 Å². The predicted molar refractivity (Wildman–Crippen MR) is 84.0 cm³/mol. The molecule has 0 N–H and O–H groups in total. The van der Waals surface area contributed by atoms with Gasteiger partial charge < -0.3 is 0 Å². The molecule has 0 amide bonds. The van der Waals surface area contributed by atoms with Crippen molar-refractivity contribution in [3.05, 3.63) is 34.6 Å². The van der Waals surface area contributed by atoms with Crippen LogP contribution in [0, 0.1) is 0 Å². The Labute approximate surface area is 136 Å². The highest BCUT2D eigenvalue weighted by Gasteiger charge is 2.30. The van der Waals surface area contributed by atoms with Crippen LogP contribution in [0.25, 0.3) is 10.6 Å². The fourth-order valence-corrected chi connectivity index (χ4v) is 3.71. The monoisotopic (exact) mass is 341 g/mol. The molecule has 0 aliphatic heterocycles. The summed E-state index contributed by atoms with van der Waals surface area (Å²) in [5.41, 5.74) is 0.0398. The summed E-state index contributed by atoms with van der Waals surface area (Å²) in [7, 11) is 1.83. The number of rotatable bonds is 2. The van der Waals surface area contributed by atoms with Crippen molar-refractivity contribution in [2.45, 2.75) is 44.3 Å². The van der Waals surface area contributed by atoms with E-state index in [1.54, 1.807) is 4.68 Å². The number of benzene rings is 1. The quantitative estimate of drug-likeness (QED) is 0.796. The van der Waals surface area contributed by atoms with Gasteiger partial charge in [0.1, 0.15) is 5.01 Å². The van der Waals surface area contributed by atoms with Crippen molar-refractivity contribution < 1.29 is 13.2 Å². The highest BCUT2D eigenvalue weighted by Crippen LogP contribution is 2.31. The van der Waals surface area contributed by atoms with Crippen molar-refractivity contribution in [2.75, 3.05) is 0 Å². The Morgan fingerprint density at radius 2 is 1.78 bits per heavy atom. The first kappa shape index (κ1) is 16.2. The third kappa shape index (κ3) is 3.83. The predicted octanol–water partition coefficient (Wildman–Crippen LogP) is 4.40. The van der Waals surface area contributed by atoms with Crippen LogP contribution in [0.15, 0.2) is 29.3 Å². The summed E-state index contributed by atoms with van der Waals surface area (Å²) in [6, 6.07) is 5.46. The van der Waals surface area contributed by atoms with E-state index in [1.807, 2.05) is 7.05 Å². The van der Waals surface area contributed by atoms with Crippen molar-refractivity contribution in [1.29, 1.82) is 0 Å². The van der Waals surface area contributed by atoms with Gasteiger partial charge in [-0.05, 0) is 25.0 Å². The molecule has 0 spiro atoms. The molecule has 0 radical (unpaired) electrons. The van der Waals surface area contributed by atoms with Gasteiger partial charge in [-0.25, -0.2) is 4.68 Å². The molecule has 0 bridgehead atoms. The van der Waals surface area contributed by atoms with Crippen LogP contribution in [-0.4, -0.2) is 15.8 Å². The molecule has 1 aromatic carbocycles. The Balaban J connectivity index is 1.87. The standard InChI is InChI=1S/C16H18F3N3S/c1-22-15(20-13-5-3-2-4-6-13)23-14(21-22)11-7-9-12(10-8-11)16(17,18)19/h7-10,13H,2-6H2,1H3/b20-15-. The zero-order valence-electron chi connectivity index (χ0n) is 12.8. The Morgan fingerprint density at radius 3 is 2.39 bits per heavy atom. The Bertz CT molecular complexity index is 722. The van der Waals surface area contributed by atoms with Crippen LogP contribution in [-0.2, 0) is 13.2 Å². The van der Waals surface area contributed by atoms with Crippen molar-refractivity contribution in [2.24, 2.45) is 12.0 Å². The molecule has 1 saturated carbocycles. The second-order valence-corrected chi connectivity index (χ2v) is 6.77. The highest BCUT2D eigenvalue weighted by atomic mass is 32.1. The second-order valence-electron chi connectivity index (χ2n) is 5.81. The average molecular weight is 341 g/mol. The first-order valence-electron chi connectivity index (χ1n) is 7.69. The third-order valence-electron chi connectivity index (χ3n) is 4.03. The number of alkyl halides is 3. The molecule has 3 rings (SSSR count). The fourth-order valence-electron chi connectivity index (χ4n) is 2.75. The van der Waals surface area contributed by atoms with Crippen molar-refractivity contribution in [1.82, 2.24) is 9.78 Å². The van der Waals surface area contributed by atoms with Gasteiger partial charge in [-0.1, -0.05) is 42.7 Å². The topological polar surface area (TPSA) is 30.2 Å². The maximum atomic E-state index is 12.6. The number of hydrogen-bond donors (Lipinski definition) is 0. The number of aryl methyl sites for hydroxylation is 1. The van der Waals surface area contributed by atoms with Crippen LogP contribution in [0.4, 0.5) is 13.2 Å². The minimum atomic E-state index is -4.31. The van der Waals surface area contributed by atoms with Crippen LogP contribution in [0.1, 0.15) is 37.7 Å². The van der Waals surface area contributed by atoms with Crippen LogP contribution >= 0.6 is 11.3 Å². The number of aromatic nitrogens is 2. The molecule has 124 valence electrons. The lowest BCUT2D eigenvalue weighted by Gasteiger charge is -2.16. The maximum Gasteiger partial charge on any atom is 0.416 e. The fraction of sp³-hybridized carbons (Fsp3) is 0.500. The van der Waals surface area contributed by atoms with Crippen molar-refractivity contribution >= 4 is 11.3 Å². The molecule has 2 aromatic rings. The minimum Gasteiger partial charge on any atom is -0.254 e. The lowest BCUT2D eigenvalue weighted by atomic mass is 9.96. The first-order chi connectivity index (χ1) is 10.9. The van der Waals surface area contributed by atoms with E-state index < -0.39 is 11.7 Å². The van der Waals surface area contributed by atoms with Crippen molar-refractivity contribution in [3.63, 3.8) is 0 Å². The van der Waals surface area contributed by atoms with Gasteiger partial charge in [0, 0.05) is 12.6 Å². The second kappa shape index (κ2) is 6.47. The van der Waals surface area contributed by atoms with E-state index in [9.17, 15) is 13.2 Å². The van der Waals surface area contributed by atoms with Crippen LogP contribution < -0.4 is 4.80 Å². The molecule has 1 aliphatic rings. The van der Waals surface area contributed by atoms with Gasteiger partial charge in [-0.15, -0.1) is 0 Å². The molecule has 23 heavy (non-hydrogen) atoms. The SMILES string of the molecule is Cn1nc(-c2ccc(C(F)(F)F)cc2)s/c1=N\C1CCCCC1. The Kier molecular flexibility index (Phi) is 4.57. The molecular formula is C16H18F3N3S. The van der Waals surface area contributed by atoms with Gasteiger partial charge in [0.2, 0.25) is 4.80 Å². The van der Waals surface area contributed by atoms with E-state index in [0.29, 0.717) is 16.6 Å². The summed E-state index contributed by atoms with van der Waals surface area (Å²) in [6.07, 6.45) is 1.59. The summed E-state index contributed by atoms with van der Waals surface area (Å²) in [4.78, 5) is 5.59. The number of nitrogens with zero attached hydrogens (tertiary/aromatic N) is 3. The smallest absolute Gasteiger partial charge is 0.254 e. The van der Waals surface area contributed by atoms with E-state index >= 15 is 0 Å². The Hall–Kier alpha value is -1.63. The molecule has 1 aliphatic carbocycles. The van der Waals surface area contributed by atoms with E-state index in [4.69, 9.17) is 4.99 Å². The van der Waals surface area contributed by atoms with E-state index in [2.05, 4.69) is 5.10 Å². The Morgan fingerprint density at radius 1 is 1.13 bits per heavy atom. The summed E-state index contributed by atoms with van der Waals surface area (Å²) in [5.74, 6) is 0. The van der Waals surface area contributed by atoms with E-state index in [1.165, 1.54) is 42.7 Å². The normalized spacial score (nSPS) is 17.7. The highest BCUT2D eigenvalue weighted by molar-refractivity contribution is 7.12. The lowest BCUT2D eigenvalue weighted by molar-refractivity contribution is -0.137.